The Bertz CT molecular complexity index is 598. The molecule has 2 rings (SSSR count). The number of aromatic nitrogens is 1. The van der Waals surface area contributed by atoms with E-state index in [-0.39, 0.29) is 5.82 Å². The summed E-state index contributed by atoms with van der Waals surface area (Å²) >= 11 is 0. The molecule has 0 atom stereocenters. The zero-order valence-corrected chi connectivity index (χ0v) is 12.9. The average molecular weight is 271 g/mol. The van der Waals surface area contributed by atoms with Gasteiger partial charge in [0.2, 0.25) is 0 Å². The van der Waals surface area contributed by atoms with Crippen LogP contribution in [0.3, 0.4) is 0 Å². The minimum atomic E-state index is -0.200. The molecule has 0 aliphatic rings. The van der Waals surface area contributed by atoms with Crippen LogP contribution in [-0.2, 0) is 0 Å². The molecule has 2 aromatic rings. The van der Waals surface area contributed by atoms with Gasteiger partial charge in [0.05, 0.1) is 0 Å². The van der Waals surface area contributed by atoms with E-state index in [1.54, 1.807) is 0 Å². The molecular formula is C18H22FN. The Morgan fingerprint density at radius 3 is 2.05 bits per heavy atom. The van der Waals surface area contributed by atoms with E-state index in [1.807, 2.05) is 12.1 Å². The van der Waals surface area contributed by atoms with Crippen LogP contribution in [-0.4, -0.2) is 4.98 Å². The number of hydrogen-bond donors (Lipinski definition) is 0. The van der Waals surface area contributed by atoms with E-state index in [0.29, 0.717) is 11.8 Å². The van der Waals surface area contributed by atoms with Gasteiger partial charge in [-0.05, 0) is 53.6 Å². The van der Waals surface area contributed by atoms with Crippen molar-refractivity contribution in [1.82, 2.24) is 4.98 Å². The summed E-state index contributed by atoms with van der Waals surface area (Å²) in [6.07, 6.45) is 0. The molecule has 0 amide bonds. The van der Waals surface area contributed by atoms with Crippen LogP contribution in [0.15, 0.2) is 30.3 Å². The smallest absolute Gasteiger partial charge is 0.123 e. The fourth-order valence-corrected chi connectivity index (χ4v) is 2.44. The van der Waals surface area contributed by atoms with Gasteiger partial charge in [0, 0.05) is 11.4 Å². The van der Waals surface area contributed by atoms with E-state index < -0.39 is 0 Å². The van der Waals surface area contributed by atoms with Gasteiger partial charge < -0.3 is 0 Å². The van der Waals surface area contributed by atoms with E-state index >= 15 is 0 Å². The Morgan fingerprint density at radius 2 is 1.55 bits per heavy atom. The van der Waals surface area contributed by atoms with Gasteiger partial charge in [0.25, 0.3) is 0 Å². The van der Waals surface area contributed by atoms with E-state index in [9.17, 15) is 4.39 Å². The Kier molecular flexibility index (Phi) is 4.22. The van der Waals surface area contributed by atoms with Gasteiger partial charge in [-0.3, -0.25) is 4.98 Å². The number of halogens is 1. The first-order valence-electron chi connectivity index (χ1n) is 7.17. The maximum absolute atomic E-state index is 13.1. The number of rotatable bonds is 3. The summed E-state index contributed by atoms with van der Waals surface area (Å²) in [5.74, 6) is 0.564. The molecule has 0 saturated heterocycles. The third-order valence-corrected chi connectivity index (χ3v) is 3.62. The summed E-state index contributed by atoms with van der Waals surface area (Å²) in [6.45, 7) is 10.7. The maximum atomic E-state index is 13.1. The Labute approximate surface area is 120 Å². The van der Waals surface area contributed by atoms with Crippen LogP contribution in [0.25, 0.3) is 11.1 Å². The van der Waals surface area contributed by atoms with Crippen LogP contribution in [0.1, 0.15) is 56.5 Å². The molecule has 0 fully saturated rings. The molecule has 1 aromatic heterocycles. The molecule has 0 N–H and O–H groups in total. The molecule has 0 saturated carbocycles. The third kappa shape index (κ3) is 2.90. The van der Waals surface area contributed by atoms with Crippen molar-refractivity contribution >= 4 is 0 Å². The second kappa shape index (κ2) is 5.74. The summed E-state index contributed by atoms with van der Waals surface area (Å²) in [5.41, 5.74) is 5.63. The van der Waals surface area contributed by atoms with Gasteiger partial charge in [-0.2, -0.15) is 0 Å². The molecule has 20 heavy (non-hydrogen) atoms. The number of hydrogen-bond acceptors (Lipinski definition) is 1. The summed E-state index contributed by atoms with van der Waals surface area (Å²) in [4.78, 5) is 4.80. The Balaban J connectivity index is 2.64. The second-order valence-corrected chi connectivity index (χ2v) is 5.92. The first-order valence-corrected chi connectivity index (χ1v) is 7.17. The molecule has 0 bridgehead atoms. The van der Waals surface area contributed by atoms with Crippen molar-refractivity contribution in [1.29, 1.82) is 0 Å². The van der Waals surface area contributed by atoms with Crippen molar-refractivity contribution in [3.8, 4) is 11.1 Å². The van der Waals surface area contributed by atoms with E-state index in [4.69, 9.17) is 4.98 Å². The van der Waals surface area contributed by atoms with Crippen molar-refractivity contribution in [3.63, 3.8) is 0 Å². The zero-order valence-electron chi connectivity index (χ0n) is 12.9. The van der Waals surface area contributed by atoms with Crippen LogP contribution in [0.4, 0.5) is 4.39 Å². The SMILES string of the molecule is Cc1c(-c2ccc(F)cc2)cc(C(C)C)nc1C(C)C. The summed E-state index contributed by atoms with van der Waals surface area (Å²) < 4.78 is 13.1. The molecule has 0 aliphatic carbocycles. The first kappa shape index (κ1) is 14.7. The fourth-order valence-electron chi connectivity index (χ4n) is 2.44. The molecular weight excluding hydrogens is 249 g/mol. The molecule has 1 heterocycles. The number of benzene rings is 1. The van der Waals surface area contributed by atoms with Gasteiger partial charge in [-0.25, -0.2) is 4.39 Å². The maximum Gasteiger partial charge on any atom is 0.123 e. The minimum Gasteiger partial charge on any atom is -0.257 e. The van der Waals surface area contributed by atoms with Gasteiger partial charge >= 0.3 is 0 Å². The predicted octanol–water partition coefficient (Wildman–Crippen LogP) is 5.44. The standard InChI is InChI=1S/C18H22FN/c1-11(2)17-10-16(13(5)18(20-17)12(3)4)14-6-8-15(19)9-7-14/h6-12H,1-5H3. The third-order valence-electron chi connectivity index (χ3n) is 3.62. The van der Waals surface area contributed by atoms with Gasteiger partial charge in [0.1, 0.15) is 5.82 Å². The monoisotopic (exact) mass is 271 g/mol. The van der Waals surface area contributed by atoms with Gasteiger partial charge in [-0.15, -0.1) is 0 Å². The normalized spacial score (nSPS) is 11.4. The van der Waals surface area contributed by atoms with Crippen molar-refractivity contribution < 1.29 is 4.39 Å². The Morgan fingerprint density at radius 1 is 0.950 bits per heavy atom. The van der Waals surface area contributed by atoms with Crippen LogP contribution in [0, 0.1) is 12.7 Å². The Hall–Kier alpha value is -1.70. The molecule has 2 heteroatoms. The van der Waals surface area contributed by atoms with Gasteiger partial charge in [-0.1, -0.05) is 39.8 Å². The lowest BCUT2D eigenvalue weighted by Gasteiger charge is -2.17. The second-order valence-electron chi connectivity index (χ2n) is 5.92. The number of nitrogens with zero attached hydrogens (tertiary/aromatic N) is 1. The van der Waals surface area contributed by atoms with Crippen molar-refractivity contribution in [2.45, 2.75) is 46.5 Å². The fraction of sp³-hybridized carbons (Fsp3) is 0.389. The van der Waals surface area contributed by atoms with Crippen LogP contribution in [0.2, 0.25) is 0 Å². The predicted molar refractivity (Wildman–Crippen MR) is 82.5 cm³/mol. The molecule has 0 unspecified atom stereocenters. The largest absolute Gasteiger partial charge is 0.257 e. The van der Waals surface area contributed by atoms with Crippen LogP contribution >= 0.6 is 0 Å². The highest BCUT2D eigenvalue weighted by Gasteiger charge is 2.14. The summed E-state index contributed by atoms with van der Waals surface area (Å²) in [5, 5.41) is 0. The van der Waals surface area contributed by atoms with Crippen molar-refractivity contribution in [3.05, 3.63) is 53.1 Å². The van der Waals surface area contributed by atoms with E-state index in [1.165, 1.54) is 17.7 Å². The lowest BCUT2D eigenvalue weighted by molar-refractivity contribution is 0.628. The zero-order chi connectivity index (χ0) is 14.9. The molecule has 0 aliphatic heterocycles. The first-order chi connectivity index (χ1) is 9.40. The lowest BCUT2D eigenvalue weighted by atomic mass is 9.93. The molecule has 0 spiro atoms. The molecule has 1 nitrogen and oxygen atoms in total. The minimum absolute atomic E-state index is 0.200. The average Bonchev–Trinajstić information content (AvgIpc) is 2.39. The quantitative estimate of drug-likeness (QED) is 0.724. The van der Waals surface area contributed by atoms with Crippen LogP contribution in [0.5, 0.6) is 0 Å². The highest BCUT2D eigenvalue weighted by molar-refractivity contribution is 5.68. The van der Waals surface area contributed by atoms with E-state index in [0.717, 1.165) is 22.5 Å². The van der Waals surface area contributed by atoms with E-state index in [2.05, 4.69) is 40.7 Å². The highest BCUT2D eigenvalue weighted by atomic mass is 19.1. The van der Waals surface area contributed by atoms with Gasteiger partial charge in [0.15, 0.2) is 0 Å². The molecule has 1 aromatic carbocycles. The topological polar surface area (TPSA) is 12.9 Å². The molecule has 106 valence electrons. The molecule has 0 radical (unpaired) electrons. The van der Waals surface area contributed by atoms with Crippen molar-refractivity contribution in [2.24, 2.45) is 0 Å². The highest BCUT2D eigenvalue weighted by Crippen LogP contribution is 2.31. The summed E-state index contributed by atoms with van der Waals surface area (Å²) in [6, 6.07) is 8.84. The number of pyridine rings is 1. The van der Waals surface area contributed by atoms with Crippen LogP contribution < -0.4 is 0 Å². The van der Waals surface area contributed by atoms with Crippen molar-refractivity contribution in [2.75, 3.05) is 0 Å². The lowest BCUT2D eigenvalue weighted by Crippen LogP contribution is -2.04. The summed E-state index contributed by atoms with van der Waals surface area (Å²) in [7, 11) is 0.